The Kier molecular flexibility index (Phi) is 3.63. The normalized spacial score (nSPS) is 18.2. The van der Waals surface area contributed by atoms with Crippen LogP contribution in [0.4, 0.5) is 0 Å². The van der Waals surface area contributed by atoms with Crippen LogP contribution in [0.1, 0.15) is 18.7 Å². The third-order valence-corrected chi connectivity index (χ3v) is 4.61. The summed E-state index contributed by atoms with van der Waals surface area (Å²) in [7, 11) is 0. The summed E-state index contributed by atoms with van der Waals surface area (Å²) in [5, 5.41) is 11.0. The summed E-state index contributed by atoms with van der Waals surface area (Å²) in [4.78, 5) is 21.5. The maximum atomic E-state index is 11.9. The molecule has 1 fully saturated rings. The van der Waals surface area contributed by atoms with Crippen molar-refractivity contribution in [1.29, 1.82) is 0 Å². The van der Waals surface area contributed by atoms with E-state index in [1.54, 1.807) is 0 Å². The Labute approximate surface area is 114 Å². The van der Waals surface area contributed by atoms with Gasteiger partial charge in [-0.1, -0.05) is 0 Å². The second kappa shape index (κ2) is 5.40. The molecule has 0 aromatic carbocycles. The van der Waals surface area contributed by atoms with E-state index in [1.165, 1.54) is 11.3 Å². The minimum absolute atomic E-state index is 0.0414. The van der Waals surface area contributed by atoms with Gasteiger partial charge in [-0.2, -0.15) is 0 Å². The summed E-state index contributed by atoms with van der Waals surface area (Å²) in [5.41, 5.74) is 0.745. The number of thiophene rings is 1. The molecule has 0 unspecified atom stereocenters. The maximum absolute atomic E-state index is 11.9. The highest BCUT2D eigenvalue weighted by Crippen LogP contribution is 2.18. The average molecular weight is 279 g/mol. The summed E-state index contributed by atoms with van der Waals surface area (Å²) >= 11 is 1.42. The highest BCUT2D eigenvalue weighted by molar-refractivity contribution is 7.17. The van der Waals surface area contributed by atoms with Crippen molar-refractivity contribution in [2.75, 3.05) is 19.7 Å². The van der Waals surface area contributed by atoms with Crippen molar-refractivity contribution in [2.45, 2.75) is 19.4 Å². The van der Waals surface area contributed by atoms with Gasteiger partial charge < -0.3 is 10.1 Å². The average Bonchev–Trinajstić information content (AvgIpc) is 2.88. The SMILES string of the molecule is O=c1[nH]c(CN2CCC(CO)CC2)nc2ccsc12. The molecule has 1 aliphatic heterocycles. The zero-order valence-electron chi connectivity index (χ0n) is 10.6. The summed E-state index contributed by atoms with van der Waals surface area (Å²) < 4.78 is 0.697. The number of nitrogens with zero attached hydrogens (tertiary/aromatic N) is 2. The molecule has 1 saturated heterocycles. The monoisotopic (exact) mass is 279 g/mol. The number of H-pyrrole nitrogens is 1. The van der Waals surface area contributed by atoms with Crippen LogP contribution >= 0.6 is 11.3 Å². The van der Waals surface area contributed by atoms with Crippen molar-refractivity contribution in [1.82, 2.24) is 14.9 Å². The molecule has 3 rings (SSSR count). The topological polar surface area (TPSA) is 69.2 Å². The lowest BCUT2D eigenvalue weighted by atomic mass is 9.98. The van der Waals surface area contributed by atoms with Crippen molar-refractivity contribution in [2.24, 2.45) is 5.92 Å². The van der Waals surface area contributed by atoms with Gasteiger partial charge >= 0.3 is 0 Å². The van der Waals surface area contributed by atoms with E-state index in [0.29, 0.717) is 17.2 Å². The van der Waals surface area contributed by atoms with Crippen LogP contribution in [0.25, 0.3) is 10.2 Å². The van der Waals surface area contributed by atoms with Crippen LogP contribution in [0.3, 0.4) is 0 Å². The van der Waals surface area contributed by atoms with Crippen molar-refractivity contribution in [3.05, 3.63) is 27.6 Å². The number of hydrogen-bond donors (Lipinski definition) is 2. The molecular formula is C13H17N3O2S. The van der Waals surface area contributed by atoms with E-state index in [2.05, 4.69) is 14.9 Å². The predicted molar refractivity (Wildman–Crippen MR) is 75.3 cm³/mol. The first-order valence-electron chi connectivity index (χ1n) is 6.56. The van der Waals surface area contributed by atoms with Crippen molar-refractivity contribution >= 4 is 21.6 Å². The van der Waals surface area contributed by atoms with Crippen LogP contribution in [-0.2, 0) is 6.54 Å². The maximum Gasteiger partial charge on any atom is 0.268 e. The number of nitrogens with one attached hydrogen (secondary N) is 1. The van der Waals surface area contributed by atoms with Crippen LogP contribution in [0.5, 0.6) is 0 Å². The lowest BCUT2D eigenvalue weighted by Gasteiger charge is -2.30. The number of rotatable bonds is 3. The molecule has 6 heteroatoms. The Hall–Kier alpha value is -1.24. The molecule has 0 bridgehead atoms. The highest BCUT2D eigenvalue weighted by atomic mass is 32.1. The molecule has 0 aliphatic carbocycles. The minimum Gasteiger partial charge on any atom is -0.396 e. The van der Waals surface area contributed by atoms with Gasteiger partial charge in [0.15, 0.2) is 0 Å². The Morgan fingerprint density at radius 3 is 3.00 bits per heavy atom. The van der Waals surface area contributed by atoms with E-state index in [4.69, 9.17) is 5.11 Å². The summed E-state index contributed by atoms with van der Waals surface area (Å²) in [6.07, 6.45) is 2.03. The van der Waals surface area contributed by atoms with Gasteiger partial charge in [0.25, 0.3) is 5.56 Å². The van der Waals surface area contributed by atoms with Crippen LogP contribution in [0.15, 0.2) is 16.2 Å². The molecule has 2 N–H and O–H groups in total. The van der Waals surface area contributed by atoms with E-state index in [9.17, 15) is 4.79 Å². The summed E-state index contributed by atoms with van der Waals surface area (Å²) in [5.74, 6) is 1.17. The Morgan fingerprint density at radius 2 is 2.26 bits per heavy atom. The fourth-order valence-electron chi connectivity index (χ4n) is 2.54. The van der Waals surface area contributed by atoms with Crippen LogP contribution in [-0.4, -0.2) is 39.7 Å². The molecule has 2 aromatic heterocycles. The van der Waals surface area contributed by atoms with Gasteiger partial charge in [-0.25, -0.2) is 4.98 Å². The Balaban J connectivity index is 1.73. The largest absolute Gasteiger partial charge is 0.396 e. The van der Waals surface area contributed by atoms with Gasteiger partial charge in [-0.3, -0.25) is 9.69 Å². The molecule has 102 valence electrons. The standard InChI is InChI=1S/C13H17N3O2S/c17-8-9-1-4-16(5-2-9)7-11-14-10-3-6-19-12(10)13(18)15-11/h3,6,9,17H,1-2,4-5,7-8H2,(H,14,15,18). The van der Waals surface area contributed by atoms with Gasteiger partial charge in [-0.15, -0.1) is 11.3 Å². The zero-order chi connectivity index (χ0) is 13.2. The molecule has 0 saturated carbocycles. The Morgan fingerprint density at radius 1 is 1.47 bits per heavy atom. The minimum atomic E-state index is -0.0414. The third kappa shape index (κ3) is 2.70. The molecule has 3 heterocycles. The van der Waals surface area contributed by atoms with Gasteiger partial charge in [0.05, 0.1) is 12.1 Å². The van der Waals surface area contributed by atoms with Crippen molar-refractivity contribution < 1.29 is 5.11 Å². The fourth-order valence-corrected chi connectivity index (χ4v) is 3.26. The lowest BCUT2D eigenvalue weighted by molar-refractivity contribution is 0.125. The molecule has 2 aromatic rings. The third-order valence-electron chi connectivity index (χ3n) is 3.70. The van der Waals surface area contributed by atoms with E-state index in [1.807, 2.05) is 11.4 Å². The van der Waals surface area contributed by atoms with E-state index >= 15 is 0 Å². The predicted octanol–water partition coefficient (Wildman–Crippen LogP) is 1.19. The summed E-state index contributed by atoms with van der Waals surface area (Å²) in [6.45, 7) is 2.87. The molecular weight excluding hydrogens is 262 g/mol. The van der Waals surface area contributed by atoms with Crippen LogP contribution in [0.2, 0.25) is 0 Å². The first-order valence-corrected chi connectivity index (χ1v) is 7.44. The van der Waals surface area contributed by atoms with E-state index in [0.717, 1.165) is 37.3 Å². The van der Waals surface area contributed by atoms with Gasteiger partial charge in [0.2, 0.25) is 0 Å². The number of aliphatic hydroxyl groups is 1. The summed E-state index contributed by atoms with van der Waals surface area (Å²) in [6, 6.07) is 1.89. The fraction of sp³-hybridized carbons (Fsp3) is 0.538. The smallest absolute Gasteiger partial charge is 0.268 e. The van der Waals surface area contributed by atoms with Gasteiger partial charge in [-0.05, 0) is 43.3 Å². The zero-order valence-corrected chi connectivity index (χ0v) is 11.4. The number of aromatic nitrogens is 2. The van der Waals surface area contributed by atoms with E-state index < -0.39 is 0 Å². The first-order chi connectivity index (χ1) is 9.26. The lowest BCUT2D eigenvalue weighted by Crippen LogP contribution is -2.35. The number of piperidine rings is 1. The number of likely N-dealkylation sites (tertiary alicyclic amines) is 1. The number of aliphatic hydroxyl groups excluding tert-OH is 1. The van der Waals surface area contributed by atoms with E-state index in [-0.39, 0.29) is 12.2 Å². The first kappa shape index (κ1) is 12.8. The molecule has 5 nitrogen and oxygen atoms in total. The number of hydrogen-bond acceptors (Lipinski definition) is 5. The highest BCUT2D eigenvalue weighted by Gasteiger charge is 2.19. The van der Waals surface area contributed by atoms with Crippen molar-refractivity contribution in [3.63, 3.8) is 0 Å². The van der Waals surface area contributed by atoms with Crippen molar-refractivity contribution in [3.8, 4) is 0 Å². The quantitative estimate of drug-likeness (QED) is 0.885. The molecule has 0 spiro atoms. The second-order valence-electron chi connectivity index (χ2n) is 5.05. The van der Waals surface area contributed by atoms with Crippen LogP contribution in [0, 0.1) is 5.92 Å². The molecule has 1 aliphatic rings. The van der Waals surface area contributed by atoms with Gasteiger partial charge in [0, 0.05) is 6.61 Å². The molecule has 0 atom stereocenters. The number of fused-ring (bicyclic) bond motifs is 1. The second-order valence-corrected chi connectivity index (χ2v) is 5.97. The Bertz CT molecular complexity index is 614. The van der Waals surface area contributed by atoms with Gasteiger partial charge in [0.1, 0.15) is 10.5 Å². The molecule has 0 amide bonds. The van der Waals surface area contributed by atoms with Crippen LogP contribution < -0.4 is 5.56 Å². The molecule has 19 heavy (non-hydrogen) atoms. The molecule has 0 radical (unpaired) electrons. The number of aromatic amines is 1.